The quantitative estimate of drug-likeness (QED) is 0.688. The Hall–Kier alpha value is -0.570. The first-order valence-electron chi connectivity index (χ1n) is 6.26. The van der Waals surface area contributed by atoms with Gasteiger partial charge in [-0.1, -0.05) is 25.7 Å². The summed E-state index contributed by atoms with van der Waals surface area (Å²) in [5, 5.41) is 12.2. The third-order valence-electron chi connectivity index (χ3n) is 3.95. The van der Waals surface area contributed by atoms with Gasteiger partial charge in [-0.25, -0.2) is 0 Å². The molecule has 1 aliphatic heterocycles. The first-order chi connectivity index (χ1) is 7.27. The van der Waals surface area contributed by atoms with Gasteiger partial charge in [-0.2, -0.15) is 0 Å². The van der Waals surface area contributed by atoms with Crippen LogP contribution in [0.3, 0.4) is 0 Å². The summed E-state index contributed by atoms with van der Waals surface area (Å²) >= 11 is 0. The topological polar surface area (TPSA) is 49.3 Å². The van der Waals surface area contributed by atoms with Gasteiger partial charge in [0.2, 0.25) is 0 Å². The van der Waals surface area contributed by atoms with E-state index in [2.05, 4.69) is 5.32 Å². The van der Waals surface area contributed by atoms with E-state index in [1.165, 1.54) is 38.5 Å². The predicted molar refractivity (Wildman–Crippen MR) is 58.8 cm³/mol. The number of hydrogen-bond acceptors (Lipinski definition) is 2. The van der Waals surface area contributed by atoms with Crippen molar-refractivity contribution in [2.45, 2.75) is 63.5 Å². The normalized spacial score (nSPS) is 33.9. The number of hydrogen-bond donors (Lipinski definition) is 2. The largest absolute Gasteiger partial charge is 0.480 e. The SMILES string of the molecule is O=C(O)C1CCC(C2CCCCCC2)N1. The molecule has 1 heterocycles. The molecule has 0 amide bonds. The molecule has 86 valence electrons. The summed E-state index contributed by atoms with van der Waals surface area (Å²) < 4.78 is 0. The Labute approximate surface area is 91.2 Å². The molecule has 2 atom stereocenters. The highest BCUT2D eigenvalue weighted by atomic mass is 16.4. The maximum atomic E-state index is 10.8. The summed E-state index contributed by atoms with van der Waals surface area (Å²) in [6.45, 7) is 0. The molecule has 15 heavy (non-hydrogen) atoms. The summed E-state index contributed by atoms with van der Waals surface area (Å²) in [5.41, 5.74) is 0. The smallest absolute Gasteiger partial charge is 0.320 e. The second-order valence-electron chi connectivity index (χ2n) is 4.99. The van der Waals surface area contributed by atoms with Crippen LogP contribution in [0.4, 0.5) is 0 Å². The number of carboxylic acid groups (broad SMARTS) is 1. The number of nitrogens with one attached hydrogen (secondary N) is 1. The van der Waals surface area contributed by atoms with Crippen LogP contribution >= 0.6 is 0 Å². The van der Waals surface area contributed by atoms with Crippen LogP contribution in [0.15, 0.2) is 0 Å². The van der Waals surface area contributed by atoms with Gasteiger partial charge in [-0.3, -0.25) is 4.79 Å². The van der Waals surface area contributed by atoms with E-state index in [0.29, 0.717) is 6.04 Å². The summed E-state index contributed by atoms with van der Waals surface area (Å²) in [5.74, 6) is 0.0583. The van der Waals surface area contributed by atoms with E-state index in [0.717, 1.165) is 18.8 Å². The van der Waals surface area contributed by atoms with Gasteiger partial charge in [-0.15, -0.1) is 0 Å². The molecular formula is C12H21NO2. The van der Waals surface area contributed by atoms with Gasteiger partial charge in [0.05, 0.1) is 0 Å². The third kappa shape index (κ3) is 2.71. The average molecular weight is 211 g/mol. The maximum Gasteiger partial charge on any atom is 0.320 e. The van der Waals surface area contributed by atoms with Crippen molar-refractivity contribution < 1.29 is 9.90 Å². The van der Waals surface area contributed by atoms with Gasteiger partial charge in [0.1, 0.15) is 6.04 Å². The molecular weight excluding hydrogens is 190 g/mol. The molecule has 1 aliphatic carbocycles. The van der Waals surface area contributed by atoms with Gasteiger partial charge in [0.15, 0.2) is 0 Å². The molecule has 0 bridgehead atoms. The maximum absolute atomic E-state index is 10.8. The van der Waals surface area contributed by atoms with E-state index in [-0.39, 0.29) is 6.04 Å². The summed E-state index contributed by atoms with van der Waals surface area (Å²) in [6.07, 6.45) is 9.87. The Balaban J connectivity index is 1.86. The van der Waals surface area contributed by atoms with E-state index < -0.39 is 5.97 Å². The Morgan fingerprint density at radius 2 is 1.67 bits per heavy atom. The van der Waals surface area contributed by atoms with Crippen molar-refractivity contribution in [2.24, 2.45) is 5.92 Å². The molecule has 0 aromatic carbocycles. The molecule has 3 nitrogen and oxygen atoms in total. The monoisotopic (exact) mass is 211 g/mol. The van der Waals surface area contributed by atoms with Gasteiger partial charge in [0.25, 0.3) is 0 Å². The first kappa shape index (κ1) is 10.9. The Kier molecular flexibility index (Phi) is 3.62. The number of carboxylic acids is 1. The second kappa shape index (κ2) is 4.97. The molecule has 0 aromatic heterocycles. The molecule has 2 N–H and O–H groups in total. The van der Waals surface area contributed by atoms with Crippen LogP contribution in [0.1, 0.15) is 51.4 Å². The van der Waals surface area contributed by atoms with Crippen LogP contribution in [0, 0.1) is 5.92 Å². The van der Waals surface area contributed by atoms with Crippen molar-refractivity contribution in [3.63, 3.8) is 0 Å². The lowest BCUT2D eigenvalue weighted by Gasteiger charge is -2.22. The van der Waals surface area contributed by atoms with Crippen molar-refractivity contribution in [3.05, 3.63) is 0 Å². The van der Waals surface area contributed by atoms with E-state index in [9.17, 15) is 4.79 Å². The zero-order valence-electron chi connectivity index (χ0n) is 9.24. The lowest BCUT2D eigenvalue weighted by molar-refractivity contribution is -0.139. The molecule has 2 unspecified atom stereocenters. The fourth-order valence-electron chi connectivity index (χ4n) is 3.05. The van der Waals surface area contributed by atoms with Crippen molar-refractivity contribution in [1.82, 2.24) is 5.32 Å². The standard InChI is InChI=1S/C12H21NO2/c14-12(15)11-8-7-10(13-11)9-5-3-1-2-4-6-9/h9-11,13H,1-8H2,(H,14,15). The lowest BCUT2D eigenvalue weighted by atomic mass is 9.91. The number of rotatable bonds is 2. The fourth-order valence-corrected chi connectivity index (χ4v) is 3.05. The number of carbonyl (C=O) groups is 1. The van der Waals surface area contributed by atoms with Crippen LogP contribution in [-0.4, -0.2) is 23.2 Å². The summed E-state index contributed by atoms with van der Waals surface area (Å²) in [6, 6.07) is 0.197. The minimum absolute atomic E-state index is 0.279. The van der Waals surface area contributed by atoms with Crippen molar-refractivity contribution in [3.8, 4) is 0 Å². The van der Waals surface area contributed by atoms with Gasteiger partial charge in [0, 0.05) is 6.04 Å². The minimum Gasteiger partial charge on any atom is -0.480 e. The molecule has 1 saturated carbocycles. The molecule has 1 saturated heterocycles. The van der Waals surface area contributed by atoms with Crippen molar-refractivity contribution in [1.29, 1.82) is 0 Å². The van der Waals surface area contributed by atoms with Crippen LogP contribution in [0.2, 0.25) is 0 Å². The van der Waals surface area contributed by atoms with E-state index in [1.54, 1.807) is 0 Å². The zero-order chi connectivity index (χ0) is 10.7. The van der Waals surface area contributed by atoms with Crippen molar-refractivity contribution >= 4 is 5.97 Å². The molecule has 3 heteroatoms. The third-order valence-corrected chi connectivity index (χ3v) is 3.95. The zero-order valence-corrected chi connectivity index (χ0v) is 9.24. The predicted octanol–water partition coefficient (Wildman–Crippen LogP) is 2.16. The van der Waals surface area contributed by atoms with Crippen LogP contribution in [0.25, 0.3) is 0 Å². The molecule has 0 aromatic rings. The molecule has 2 aliphatic rings. The minimum atomic E-state index is -0.675. The van der Waals surface area contributed by atoms with Gasteiger partial charge in [-0.05, 0) is 31.6 Å². The number of aliphatic carboxylic acids is 1. The lowest BCUT2D eigenvalue weighted by Crippen LogP contribution is -2.39. The van der Waals surface area contributed by atoms with Crippen LogP contribution in [0.5, 0.6) is 0 Å². The highest BCUT2D eigenvalue weighted by Crippen LogP contribution is 2.30. The molecule has 2 fully saturated rings. The van der Waals surface area contributed by atoms with Crippen molar-refractivity contribution in [2.75, 3.05) is 0 Å². The molecule has 0 radical (unpaired) electrons. The molecule has 2 rings (SSSR count). The van der Waals surface area contributed by atoms with E-state index in [1.807, 2.05) is 0 Å². The Bertz CT molecular complexity index is 222. The summed E-state index contributed by atoms with van der Waals surface area (Å²) in [4.78, 5) is 10.8. The average Bonchev–Trinajstić information content (AvgIpc) is 2.55. The highest BCUT2D eigenvalue weighted by Gasteiger charge is 2.33. The molecule has 0 spiro atoms. The van der Waals surface area contributed by atoms with Gasteiger partial charge < -0.3 is 10.4 Å². The Morgan fingerprint density at radius 3 is 2.20 bits per heavy atom. The van der Waals surface area contributed by atoms with E-state index >= 15 is 0 Å². The van der Waals surface area contributed by atoms with Crippen LogP contribution in [-0.2, 0) is 4.79 Å². The highest BCUT2D eigenvalue weighted by molar-refractivity contribution is 5.73. The van der Waals surface area contributed by atoms with Crippen LogP contribution < -0.4 is 5.32 Å². The van der Waals surface area contributed by atoms with Gasteiger partial charge >= 0.3 is 5.97 Å². The Morgan fingerprint density at radius 1 is 1.00 bits per heavy atom. The first-order valence-corrected chi connectivity index (χ1v) is 6.26. The summed E-state index contributed by atoms with van der Waals surface area (Å²) in [7, 11) is 0. The van der Waals surface area contributed by atoms with E-state index in [4.69, 9.17) is 5.11 Å². The second-order valence-corrected chi connectivity index (χ2v) is 4.99. The fraction of sp³-hybridized carbons (Fsp3) is 0.917.